The van der Waals surface area contributed by atoms with Gasteiger partial charge in [0, 0.05) is 28.6 Å². The molecule has 2 aromatic rings. The van der Waals surface area contributed by atoms with Crippen LogP contribution >= 0.6 is 11.3 Å². The maximum absolute atomic E-state index is 14.0. The zero-order chi connectivity index (χ0) is 13.3. The summed E-state index contributed by atoms with van der Waals surface area (Å²) in [4.78, 5) is 1.05. The highest BCUT2D eigenvalue weighted by Gasteiger charge is 2.18. The van der Waals surface area contributed by atoms with Crippen LogP contribution in [0.25, 0.3) is 11.1 Å². The van der Waals surface area contributed by atoms with Gasteiger partial charge in [0.05, 0.1) is 0 Å². The molecule has 2 nitrogen and oxygen atoms in total. The molecule has 0 saturated carbocycles. The van der Waals surface area contributed by atoms with Crippen molar-refractivity contribution < 1.29 is 8.78 Å². The number of halogens is 2. The molecule has 1 unspecified atom stereocenters. The van der Waals surface area contributed by atoms with Gasteiger partial charge in [0.25, 0.3) is 0 Å². The van der Waals surface area contributed by atoms with Crippen LogP contribution in [0.2, 0.25) is 0 Å². The Kier molecular flexibility index (Phi) is 3.75. The summed E-state index contributed by atoms with van der Waals surface area (Å²) in [6, 6.07) is 4.19. The molecule has 0 aliphatic carbocycles. The second kappa shape index (κ2) is 5.14. The van der Waals surface area contributed by atoms with Crippen molar-refractivity contribution in [3.8, 4) is 11.1 Å². The summed E-state index contributed by atoms with van der Waals surface area (Å²) in [5, 5.41) is 1.80. The van der Waals surface area contributed by atoms with Gasteiger partial charge >= 0.3 is 0 Å². The molecular weight excluding hydrogens is 254 g/mol. The number of thiophene rings is 1. The fourth-order valence-electron chi connectivity index (χ4n) is 1.79. The van der Waals surface area contributed by atoms with Crippen LogP contribution in [0, 0.1) is 18.6 Å². The molecular formula is C13H14F2N2S. The van der Waals surface area contributed by atoms with E-state index in [0.717, 1.165) is 4.88 Å². The van der Waals surface area contributed by atoms with Crippen molar-refractivity contribution in [1.82, 2.24) is 0 Å². The minimum Gasteiger partial charge on any atom is -0.329 e. The number of nitrogens with two attached hydrogens (primary N) is 2. The molecule has 0 radical (unpaired) electrons. The van der Waals surface area contributed by atoms with Crippen molar-refractivity contribution in [1.29, 1.82) is 0 Å². The Labute approximate surface area is 108 Å². The maximum atomic E-state index is 14.0. The second-order valence-corrected chi connectivity index (χ2v) is 5.23. The molecule has 0 aliphatic rings. The van der Waals surface area contributed by atoms with Gasteiger partial charge in [-0.15, -0.1) is 11.3 Å². The van der Waals surface area contributed by atoms with E-state index in [0.29, 0.717) is 5.56 Å². The third kappa shape index (κ3) is 2.29. The van der Waals surface area contributed by atoms with E-state index in [1.807, 2.05) is 13.0 Å². The van der Waals surface area contributed by atoms with E-state index in [-0.39, 0.29) is 17.7 Å². The Morgan fingerprint density at radius 3 is 2.56 bits per heavy atom. The highest BCUT2D eigenvalue weighted by molar-refractivity contribution is 7.10. The van der Waals surface area contributed by atoms with Gasteiger partial charge in [-0.1, -0.05) is 12.1 Å². The standard InChI is InChI=1S/C13H14F2N2S/c1-7-4-8(6-18-7)9-2-3-10(11(17)5-16)13(15)12(9)14/h2-4,6,11H,5,16-17H2,1H3. The minimum absolute atomic E-state index is 0.0767. The molecule has 5 heteroatoms. The van der Waals surface area contributed by atoms with Crippen LogP contribution in [-0.2, 0) is 0 Å². The van der Waals surface area contributed by atoms with Crippen LogP contribution in [0.5, 0.6) is 0 Å². The summed E-state index contributed by atoms with van der Waals surface area (Å²) in [5.41, 5.74) is 12.0. The molecule has 1 aromatic heterocycles. The molecule has 0 aliphatic heterocycles. The number of hydrogen-bond donors (Lipinski definition) is 2. The lowest BCUT2D eigenvalue weighted by atomic mass is 10.0. The predicted octanol–water partition coefficient (Wildman–Crippen LogP) is 2.96. The SMILES string of the molecule is Cc1cc(-c2ccc(C(N)CN)c(F)c2F)cs1. The van der Waals surface area contributed by atoms with Gasteiger partial charge in [0.2, 0.25) is 0 Å². The van der Waals surface area contributed by atoms with Crippen molar-refractivity contribution in [2.75, 3.05) is 6.54 Å². The number of benzene rings is 1. The maximum Gasteiger partial charge on any atom is 0.167 e. The highest BCUT2D eigenvalue weighted by atomic mass is 32.1. The van der Waals surface area contributed by atoms with Gasteiger partial charge in [-0.3, -0.25) is 0 Å². The Hall–Kier alpha value is -1.30. The van der Waals surface area contributed by atoms with E-state index in [9.17, 15) is 8.78 Å². The third-order valence-electron chi connectivity index (χ3n) is 2.81. The lowest BCUT2D eigenvalue weighted by Gasteiger charge is -2.12. The molecule has 4 N–H and O–H groups in total. The van der Waals surface area contributed by atoms with Crippen LogP contribution in [0.1, 0.15) is 16.5 Å². The zero-order valence-corrected chi connectivity index (χ0v) is 10.7. The van der Waals surface area contributed by atoms with Gasteiger partial charge < -0.3 is 11.5 Å². The first kappa shape index (κ1) is 13.1. The van der Waals surface area contributed by atoms with Crippen LogP contribution in [-0.4, -0.2) is 6.54 Å². The summed E-state index contributed by atoms with van der Waals surface area (Å²) in [7, 11) is 0. The molecule has 0 bridgehead atoms. The lowest BCUT2D eigenvalue weighted by molar-refractivity contribution is 0.491. The van der Waals surface area contributed by atoms with Crippen LogP contribution in [0.3, 0.4) is 0 Å². The van der Waals surface area contributed by atoms with Crippen LogP contribution in [0.4, 0.5) is 8.78 Å². The summed E-state index contributed by atoms with van der Waals surface area (Å²) in [6.45, 7) is 1.99. The van der Waals surface area contributed by atoms with E-state index in [4.69, 9.17) is 11.5 Å². The van der Waals surface area contributed by atoms with Crippen LogP contribution in [0.15, 0.2) is 23.6 Å². The zero-order valence-electron chi connectivity index (χ0n) is 9.91. The molecule has 0 amide bonds. The van der Waals surface area contributed by atoms with E-state index in [1.165, 1.54) is 17.4 Å². The van der Waals surface area contributed by atoms with Gasteiger partial charge in [0.15, 0.2) is 11.6 Å². The molecule has 1 aromatic carbocycles. The fraction of sp³-hybridized carbons (Fsp3) is 0.231. The van der Waals surface area contributed by atoms with Gasteiger partial charge in [0.1, 0.15) is 0 Å². The summed E-state index contributed by atoms with van der Waals surface area (Å²) < 4.78 is 27.9. The summed E-state index contributed by atoms with van der Waals surface area (Å²) in [5.74, 6) is -1.77. The van der Waals surface area contributed by atoms with Crippen molar-refractivity contribution in [3.05, 3.63) is 45.7 Å². The molecule has 18 heavy (non-hydrogen) atoms. The monoisotopic (exact) mass is 268 g/mol. The quantitative estimate of drug-likeness (QED) is 0.899. The Morgan fingerprint density at radius 2 is 2.00 bits per heavy atom. The Morgan fingerprint density at radius 1 is 1.28 bits per heavy atom. The average molecular weight is 268 g/mol. The molecule has 0 fully saturated rings. The number of hydrogen-bond acceptors (Lipinski definition) is 3. The van der Waals surface area contributed by atoms with Gasteiger partial charge in [-0.05, 0) is 23.9 Å². The average Bonchev–Trinajstić information content (AvgIpc) is 2.78. The molecule has 96 valence electrons. The number of rotatable bonds is 3. The lowest BCUT2D eigenvalue weighted by Crippen LogP contribution is -2.22. The van der Waals surface area contributed by atoms with E-state index in [1.54, 1.807) is 11.4 Å². The summed E-state index contributed by atoms with van der Waals surface area (Å²) in [6.07, 6.45) is 0. The van der Waals surface area contributed by atoms with E-state index >= 15 is 0 Å². The van der Waals surface area contributed by atoms with Crippen molar-refractivity contribution in [2.24, 2.45) is 11.5 Å². The fourth-order valence-corrected chi connectivity index (χ4v) is 2.49. The Bertz CT molecular complexity index is 566. The van der Waals surface area contributed by atoms with E-state index < -0.39 is 17.7 Å². The number of aryl methyl sites for hydroxylation is 1. The normalized spacial score (nSPS) is 12.7. The molecule has 0 spiro atoms. The Balaban J connectivity index is 2.50. The molecule has 1 atom stereocenters. The highest BCUT2D eigenvalue weighted by Crippen LogP contribution is 2.30. The van der Waals surface area contributed by atoms with Gasteiger partial charge in [-0.25, -0.2) is 8.78 Å². The first-order valence-corrected chi connectivity index (χ1v) is 6.41. The predicted molar refractivity (Wildman–Crippen MR) is 70.4 cm³/mol. The molecule has 1 heterocycles. The van der Waals surface area contributed by atoms with Crippen molar-refractivity contribution in [3.63, 3.8) is 0 Å². The van der Waals surface area contributed by atoms with E-state index in [2.05, 4.69) is 0 Å². The third-order valence-corrected chi connectivity index (χ3v) is 3.67. The smallest absolute Gasteiger partial charge is 0.167 e. The van der Waals surface area contributed by atoms with Crippen LogP contribution < -0.4 is 11.5 Å². The first-order valence-electron chi connectivity index (χ1n) is 5.53. The molecule has 0 saturated heterocycles. The second-order valence-electron chi connectivity index (χ2n) is 4.12. The topological polar surface area (TPSA) is 52.0 Å². The van der Waals surface area contributed by atoms with Crippen molar-refractivity contribution in [2.45, 2.75) is 13.0 Å². The van der Waals surface area contributed by atoms with Crippen molar-refractivity contribution >= 4 is 11.3 Å². The first-order chi connectivity index (χ1) is 8.54. The van der Waals surface area contributed by atoms with Gasteiger partial charge in [-0.2, -0.15) is 0 Å². The largest absolute Gasteiger partial charge is 0.329 e. The minimum atomic E-state index is -0.908. The summed E-state index contributed by atoms with van der Waals surface area (Å²) >= 11 is 1.49. The molecule has 2 rings (SSSR count).